The van der Waals surface area contributed by atoms with Gasteiger partial charge in [0, 0.05) is 0 Å². The molecule has 8 heavy (non-hydrogen) atoms. The van der Waals surface area contributed by atoms with Crippen LogP contribution in [-0.2, 0) is 0 Å². The van der Waals surface area contributed by atoms with Crippen LogP contribution in [0.5, 0.6) is 0 Å². The highest BCUT2D eigenvalue weighted by molar-refractivity contribution is 4.65. The first kappa shape index (κ1) is 7.62. The van der Waals surface area contributed by atoms with E-state index in [1.807, 2.05) is 0 Å². The van der Waals surface area contributed by atoms with Gasteiger partial charge < -0.3 is 0 Å². The van der Waals surface area contributed by atoms with Gasteiger partial charge in [0.05, 0.1) is 6.54 Å². The number of hydroxylamine groups is 2. The van der Waals surface area contributed by atoms with Crippen LogP contribution in [0.3, 0.4) is 0 Å². The minimum absolute atomic E-state index is 0.216. The van der Waals surface area contributed by atoms with Gasteiger partial charge in [-0.2, -0.15) is 5.21 Å². The van der Waals surface area contributed by atoms with Crippen LogP contribution in [0, 0.1) is 0 Å². The van der Waals surface area contributed by atoms with E-state index < -0.39 is 0 Å². The van der Waals surface area contributed by atoms with E-state index in [1.54, 1.807) is 20.2 Å². The number of nitrogens with one attached hydrogen (secondary N) is 1. The van der Waals surface area contributed by atoms with Crippen molar-refractivity contribution in [2.45, 2.75) is 0 Å². The highest BCUT2D eigenvalue weighted by Gasteiger charge is 2.05. The molecule has 0 aromatic heterocycles. The van der Waals surface area contributed by atoms with Gasteiger partial charge in [-0.25, -0.2) is 0 Å². The maximum atomic E-state index is 8.93. The third kappa shape index (κ3) is 5.62. The molecule has 0 aromatic rings. The Bertz CT molecular complexity index is 75.0. The molecule has 0 amide bonds. The summed E-state index contributed by atoms with van der Waals surface area (Å²) in [6.07, 6.45) is 1.69. The van der Waals surface area contributed by atoms with Gasteiger partial charge in [0.15, 0.2) is 0 Å². The fraction of sp³-hybridized carbons (Fsp3) is 0.600. The molecule has 0 saturated carbocycles. The molecule has 2 N–H and O–H groups in total. The monoisotopic (exact) mass is 117 g/mol. The molecular weight excluding hydrogens is 104 g/mol. The molecule has 0 spiro atoms. The molecule has 0 bridgehead atoms. The number of nitrogens with zero attached hydrogens (tertiary/aromatic N) is 1. The molecule has 0 radical (unpaired) electrons. The Hall–Kier alpha value is -0.380. The van der Waals surface area contributed by atoms with Crippen LogP contribution in [0.2, 0.25) is 0 Å². The van der Waals surface area contributed by atoms with E-state index >= 15 is 0 Å². The largest absolute Gasteiger partial charge is 0.197 e. The van der Waals surface area contributed by atoms with E-state index in [0.717, 1.165) is 0 Å². The standard InChI is InChI=1S/C5H13N2O/c1-4-5-6-7(2,3)8/h4,6,8H,1,5H2,2-3H3/q+1. The zero-order chi connectivity index (χ0) is 6.62. The molecule has 0 aliphatic carbocycles. The lowest BCUT2D eigenvalue weighted by Crippen LogP contribution is -2.48. The summed E-state index contributed by atoms with van der Waals surface area (Å²) in [5, 5.41) is 8.93. The first-order valence-electron chi connectivity index (χ1n) is 2.49. The quantitative estimate of drug-likeness (QED) is 0.313. The van der Waals surface area contributed by atoms with Crippen molar-refractivity contribution in [2.75, 3.05) is 20.6 Å². The third-order valence-electron chi connectivity index (χ3n) is 0.623. The van der Waals surface area contributed by atoms with E-state index in [1.165, 1.54) is 0 Å². The van der Waals surface area contributed by atoms with Gasteiger partial charge in [0.2, 0.25) is 0 Å². The van der Waals surface area contributed by atoms with Gasteiger partial charge in [-0.05, 0) is 0 Å². The van der Waals surface area contributed by atoms with E-state index in [9.17, 15) is 0 Å². The van der Waals surface area contributed by atoms with Crippen molar-refractivity contribution in [3.8, 4) is 0 Å². The molecule has 0 unspecified atom stereocenters. The molecule has 0 aliphatic rings. The van der Waals surface area contributed by atoms with E-state index in [0.29, 0.717) is 6.54 Å². The summed E-state index contributed by atoms with van der Waals surface area (Å²) < 4.78 is -0.216. The molecular formula is C5H13N2O+. The fourth-order valence-electron chi connectivity index (χ4n) is 0.288. The summed E-state index contributed by atoms with van der Waals surface area (Å²) in [6.45, 7) is 4.09. The minimum Gasteiger partial charge on any atom is -0.197 e. The summed E-state index contributed by atoms with van der Waals surface area (Å²) >= 11 is 0. The van der Waals surface area contributed by atoms with Crippen LogP contribution in [0.25, 0.3) is 0 Å². The number of rotatable bonds is 3. The molecule has 0 atom stereocenters. The predicted molar refractivity (Wildman–Crippen MR) is 32.1 cm³/mol. The van der Waals surface area contributed by atoms with Crippen LogP contribution in [0.1, 0.15) is 0 Å². The second-order valence-corrected chi connectivity index (χ2v) is 2.05. The summed E-state index contributed by atoms with van der Waals surface area (Å²) in [7, 11) is 3.26. The molecule has 48 valence electrons. The van der Waals surface area contributed by atoms with E-state index in [2.05, 4.69) is 12.0 Å². The van der Waals surface area contributed by atoms with Crippen LogP contribution < -0.4 is 5.43 Å². The molecule has 0 saturated heterocycles. The second kappa shape index (κ2) is 2.81. The lowest BCUT2D eigenvalue weighted by atomic mass is 10.6. The van der Waals surface area contributed by atoms with Crippen molar-refractivity contribution < 1.29 is 9.96 Å². The Morgan fingerprint density at radius 1 is 1.75 bits per heavy atom. The van der Waals surface area contributed by atoms with Crippen molar-refractivity contribution in [3.63, 3.8) is 0 Å². The maximum Gasteiger partial charge on any atom is 0.118 e. The molecule has 0 rings (SSSR count). The van der Waals surface area contributed by atoms with Gasteiger partial charge >= 0.3 is 0 Å². The number of quaternary nitrogens is 1. The number of hydrogen-bond donors (Lipinski definition) is 2. The third-order valence-corrected chi connectivity index (χ3v) is 0.623. The average Bonchev–Trinajstić information content (AvgIpc) is 1.59. The van der Waals surface area contributed by atoms with Gasteiger partial charge in [0.1, 0.15) is 14.1 Å². The van der Waals surface area contributed by atoms with E-state index in [4.69, 9.17) is 5.21 Å². The number of hydrogen-bond acceptors (Lipinski definition) is 2. The van der Waals surface area contributed by atoms with Crippen molar-refractivity contribution in [1.82, 2.24) is 5.43 Å². The fourth-order valence-corrected chi connectivity index (χ4v) is 0.288. The Morgan fingerprint density at radius 3 is 2.38 bits per heavy atom. The SMILES string of the molecule is C=CCN[N+](C)(C)O. The molecule has 0 heterocycles. The Kier molecular flexibility index (Phi) is 2.68. The zero-order valence-electron chi connectivity index (χ0n) is 5.39. The van der Waals surface area contributed by atoms with E-state index in [-0.39, 0.29) is 4.76 Å². The van der Waals surface area contributed by atoms with Crippen molar-refractivity contribution >= 4 is 0 Å². The zero-order valence-corrected chi connectivity index (χ0v) is 5.39. The molecule has 0 aliphatic heterocycles. The molecule has 3 heteroatoms. The lowest BCUT2D eigenvalue weighted by molar-refractivity contribution is -1.11. The minimum atomic E-state index is -0.216. The summed E-state index contributed by atoms with van der Waals surface area (Å²) in [4.78, 5) is 0. The highest BCUT2D eigenvalue weighted by atomic mass is 16.6. The van der Waals surface area contributed by atoms with Crippen molar-refractivity contribution in [2.24, 2.45) is 0 Å². The first-order valence-corrected chi connectivity index (χ1v) is 2.49. The molecule has 0 aromatic carbocycles. The maximum absolute atomic E-state index is 8.93. The van der Waals surface area contributed by atoms with Crippen molar-refractivity contribution in [3.05, 3.63) is 12.7 Å². The summed E-state index contributed by atoms with van der Waals surface area (Å²) in [6, 6.07) is 0. The molecule has 3 nitrogen and oxygen atoms in total. The normalized spacial score (nSPS) is 11.4. The van der Waals surface area contributed by atoms with Crippen molar-refractivity contribution in [1.29, 1.82) is 0 Å². The lowest BCUT2D eigenvalue weighted by Gasteiger charge is -2.18. The Balaban J connectivity index is 3.24. The highest BCUT2D eigenvalue weighted by Crippen LogP contribution is 1.77. The van der Waals surface area contributed by atoms with Gasteiger partial charge in [-0.15, -0.1) is 16.8 Å². The first-order chi connectivity index (χ1) is 3.56. The van der Waals surface area contributed by atoms with Crippen LogP contribution in [0.4, 0.5) is 0 Å². The topological polar surface area (TPSA) is 32.3 Å². The summed E-state index contributed by atoms with van der Waals surface area (Å²) in [5.41, 5.74) is 2.75. The average molecular weight is 117 g/mol. The van der Waals surface area contributed by atoms with Crippen LogP contribution >= 0.6 is 0 Å². The second-order valence-electron chi connectivity index (χ2n) is 2.05. The van der Waals surface area contributed by atoms with Crippen LogP contribution in [-0.4, -0.2) is 30.6 Å². The van der Waals surface area contributed by atoms with Gasteiger partial charge in [-0.1, -0.05) is 6.08 Å². The van der Waals surface area contributed by atoms with Gasteiger partial charge in [0.25, 0.3) is 0 Å². The van der Waals surface area contributed by atoms with Gasteiger partial charge in [-0.3, -0.25) is 0 Å². The molecule has 0 fully saturated rings. The Morgan fingerprint density at radius 2 is 2.25 bits per heavy atom. The van der Waals surface area contributed by atoms with Crippen LogP contribution in [0.15, 0.2) is 12.7 Å². The predicted octanol–water partition coefficient (Wildman–Crippen LogP) is 0.143. The summed E-state index contributed by atoms with van der Waals surface area (Å²) in [5.74, 6) is 0. The Labute approximate surface area is 49.7 Å². The smallest absolute Gasteiger partial charge is 0.118 e.